The Hall–Kier alpha value is -0.520. The number of hydrogen-bond donors (Lipinski definition) is 2. The molecule has 0 saturated carbocycles. The van der Waals surface area contributed by atoms with E-state index in [1.807, 2.05) is 24.3 Å². The zero-order valence-corrected chi connectivity index (χ0v) is 10.6. The number of halogens is 1. The van der Waals surface area contributed by atoms with Crippen LogP contribution in [-0.4, -0.2) is 22.4 Å². The molecule has 0 aliphatic rings. The number of thioether (sulfide) groups is 1. The molecule has 0 heterocycles. The van der Waals surface area contributed by atoms with E-state index in [0.29, 0.717) is 5.75 Å². The third kappa shape index (κ3) is 3.52. The number of nitrogens with two attached hydrogens (primary N) is 1. The summed E-state index contributed by atoms with van der Waals surface area (Å²) < 4.78 is 0.955. The average molecular weight is 290 g/mol. The van der Waals surface area contributed by atoms with Crippen LogP contribution in [-0.2, 0) is 4.79 Å². The van der Waals surface area contributed by atoms with Gasteiger partial charge in [0.1, 0.15) is 5.54 Å². The molecule has 1 atom stereocenters. The van der Waals surface area contributed by atoms with E-state index >= 15 is 0 Å². The van der Waals surface area contributed by atoms with Crippen molar-refractivity contribution in [3.05, 3.63) is 28.7 Å². The van der Waals surface area contributed by atoms with Gasteiger partial charge < -0.3 is 10.8 Å². The molecule has 82 valence electrons. The summed E-state index contributed by atoms with van der Waals surface area (Å²) in [5.41, 5.74) is 4.43. The van der Waals surface area contributed by atoms with Crippen LogP contribution in [0.5, 0.6) is 0 Å². The molecule has 1 rings (SSSR count). The van der Waals surface area contributed by atoms with Gasteiger partial charge in [-0.3, -0.25) is 4.79 Å². The minimum absolute atomic E-state index is 0.338. The maximum Gasteiger partial charge on any atom is 0.324 e. The van der Waals surface area contributed by atoms with E-state index in [1.54, 1.807) is 0 Å². The van der Waals surface area contributed by atoms with Crippen molar-refractivity contribution in [2.24, 2.45) is 5.73 Å². The van der Waals surface area contributed by atoms with E-state index in [4.69, 9.17) is 10.8 Å². The van der Waals surface area contributed by atoms with Gasteiger partial charge in [0, 0.05) is 15.1 Å². The van der Waals surface area contributed by atoms with Crippen LogP contribution in [0.1, 0.15) is 6.92 Å². The first-order valence-corrected chi connectivity index (χ1v) is 6.11. The van der Waals surface area contributed by atoms with Gasteiger partial charge in [-0.2, -0.15) is 0 Å². The lowest BCUT2D eigenvalue weighted by Gasteiger charge is -2.18. The summed E-state index contributed by atoms with van der Waals surface area (Å²) in [6.07, 6.45) is 0. The van der Waals surface area contributed by atoms with Gasteiger partial charge in [-0.25, -0.2) is 0 Å². The summed E-state index contributed by atoms with van der Waals surface area (Å²) in [4.78, 5) is 11.8. The Morgan fingerprint density at radius 2 is 2.20 bits per heavy atom. The largest absolute Gasteiger partial charge is 0.480 e. The summed E-state index contributed by atoms with van der Waals surface area (Å²) in [7, 11) is 0. The predicted octanol–water partition coefficient (Wildman–Crippen LogP) is 2.34. The molecule has 0 aromatic heterocycles. The lowest BCUT2D eigenvalue weighted by atomic mass is 10.1. The Morgan fingerprint density at radius 1 is 1.60 bits per heavy atom. The van der Waals surface area contributed by atoms with E-state index in [0.717, 1.165) is 9.37 Å². The second-order valence-electron chi connectivity index (χ2n) is 3.44. The van der Waals surface area contributed by atoms with Crippen LogP contribution in [0.4, 0.5) is 0 Å². The molecule has 5 heteroatoms. The number of aliphatic carboxylic acids is 1. The monoisotopic (exact) mass is 289 g/mol. The van der Waals surface area contributed by atoms with Gasteiger partial charge in [0.25, 0.3) is 0 Å². The van der Waals surface area contributed by atoms with E-state index in [9.17, 15) is 4.79 Å². The van der Waals surface area contributed by atoms with Gasteiger partial charge in [-0.15, -0.1) is 11.8 Å². The topological polar surface area (TPSA) is 63.3 Å². The van der Waals surface area contributed by atoms with Crippen molar-refractivity contribution in [1.82, 2.24) is 0 Å². The predicted molar refractivity (Wildman–Crippen MR) is 65.1 cm³/mol. The molecule has 0 aliphatic heterocycles. The van der Waals surface area contributed by atoms with E-state index in [1.165, 1.54) is 18.7 Å². The van der Waals surface area contributed by atoms with Gasteiger partial charge in [0.15, 0.2) is 0 Å². The van der Waals surface area contributed by atoms with Crippen molar-refractivity contribution < 1.29 is 9.90 Å². The molecular formula is C10H12BrNO2S. The molecule has 3 N–H and O–H groups in total. The van der Waals surface area contributed by atoms with Crippen LogP contribution in [0, 0.1) is 0 Å². The van der Waals surface area contributed by atoms with Crippen molar-refractivity contribution >= 4 is 33.7 Å². The molecule has 0 fully saturated rings. The molecule has 1 aromatic rings. The Morgan fingerprint density at radius 3 is 2.73 bits per heavy atom. The van der Waals surface area contributed by atoms with Crippen LogP contribution < -0.4 is 5.73 Å². The maximum absolute atomic E-state index is 10.8. The third-order valence-corrected chi connectivity index (χ3v) is 4.22. The summed E-state index contributed by atoms with van der Waals surface area (Å²) >= 11 is 4.82. The highest BCUT2D eigenvalue weighted by molar-refractivity contribution is 9.10. The van der Waals surface area contributed by atoms with Crippen LogP contribution >= 0.6 is 27.7 Å². The van der Waals surface area contributed by atoms with Crippen molar-refractivity contribution in [1.29, 1.82) is 0 Å². The lowest BCUT2D eigenvalue weighted by Crippen LogP contribution is -2.47. The zero-order chi connectivity index (χ0) is 11.5. The molecular weight excluding hydrogens is 278 g/mol. The van der Waals surface area contributed by atoms with Gasteiger partial charge in [-0.1, -0.05) is 12.1 Å². The second-order valence-corrected chi connectivity index (χ2v) is 5.31. The fourth-order valence-electron chi connectivity index (χ4n) is 0.851. The number of rotatable bonds is 4. The van der Waals surface area contributed by atoms with E-state index in [-0.39, 0.29) is 0 Å². The van der Waals surface area contributed by atoms with Crippen molar-refractivity contribution in [3.8, 4) is 0 Å². The smallest absolute Gasteiger partial charge is 0.324 e. The van der Waals surface area contributed by atoms with Gasteiger partial charge in [0.2, 0.25) is 0 Å². The third-order valence-electron chi connectivity index (χ3n) is 1.85. The van der Waals surface area contributed by atoms with Crippen molar-refractivity contribution in [2.75, 3.05) is 5.75 Å². The lowest BCUT2D eigenvalue weighted by molar-refractivity contribution is -0.141. The van der Waals surface area contributed by atoms with E-state index < -0.39 is 11.5 Å². The summed E-state index contributed by atoms with van der Waals surface area (Å²) in [5, 5.41) is 8.84. The number of hydrogen-bond acceptors (Lipinski definition) is 3. The van der Waals surface area contributed by atoms with Gasteiger partial charge >= 0.3 is 5.97 Å². The van der Waals surface area contributed by atoms with Crippen LogP contribution in [0.25, 0.3) is 0 Å². The summed E-state index contributed by atoms with van der Waals surface area (Å²) in [6, 6.07) is 7.65. The number of carboxylic acid groups (broad SMARTS) is 1. The van der Waals surface area contributed by atoms with Crippen LogP contribution in [0.3, 0.4) is 0 Å². The number of carboxylic acids is 1. The molecule has 0 aliphatic carbocycles. The molecule has 0 radical (unpaired) electrons. The first kappa shape index (κ1) is 12.5. The van der Waals surface area contributed by atoms with Gasteiger partial charge in [0.05, 0.1) is 0 Å². The minimum Gasteiger partial charge on any atom is -0.480 e. The first-order chi connectivity index (χ1) is 6.93. The molecule has 0 amide bonds. The molecule has 0 spiro atoms. The highest BCUT2D eigenvalue weighted by Crippen LogP contribution is 2.28. The van der Waals surface area contributed by atoms with Crippen molar-refractivity contribution in [3.63, 3.8) is 0 Å². The molecule has 1 aromatic carbocycles. The normalized spacial score (nSPS) is 14.6. The van der Waals surface area contributed by atoms with Crippen molar-refractivity contribution in [2.45, 2.75) is 17.4 Å². The molecule has 3 nitrogen and oxygen atoms in total. The SMILES string of the molecule is CC(N)(CSc1ccccc1Br)C(=O)O. The highest BCUT2D eigenvalue weighted by Gasteiger charge is 2.27. The second kappa shape index (κ2) is 5.01. The minimum atomic E-state index is -1.19. The summed E-state index contributed by atoms with van der Waals surface area (Å²) in [6.45, 7) is 1.51. The quantitative estimate of drug-likeness (QED) is 0.835. The Bertz CT molecular complexity index is 368. The number of carbonyl (C=O) groups is 1. The maximum atomic E-state index is 10.8. The zero-order valence-electron chi connectivity index (χ0n) is 8.24. The van der Waals surface area contributed by atoms with Crippen LogP contribution in [0.2, 0.25) is 0 Å². The fourth-order valence-corrected chi connectivity index (χ4v) is 2.44. The van der Waals surface area contributed by atoms with Gasteiger partial charge in [-0.05, 0) is 35.0 Å². The van der Waals surface area contributed by atoms with Crippen LogP contribution in [0.15, 0.2) is 33.6 Å². The molecule has 0 saturated heterocycles. The Kier molecular flexibility index (Phi) is 4.19. The Balaban J connectivity index is 2.66. The first-order valence-electron chi connectivity index (χ1n) is 4.33. The Labute approximate surface area is 101 Å². The average Bonchev–Trinajstić information content (AvgIpc) is 2.16. The highest BCUT2D eigenvalue weighted by atomic mass is 79.9. The fraction of sp³-hybridized carbons (Fsp3) is 0.300. The number of benzene rings is 1. The molecule has 0 bridgehead atoms. The van der Waals surface area contributed by atoms with E-state index in [2.05, 4.69) is 15.9 Å². The molecule has 15 heavy (non-hydrogen) atoms. The molecule has 1 unspecified atom stereocenters. The summed E-state index contributed by atoms with van der Waals surface area (Å²) in [5.74, 6) is -0.646. The standard InChI is InChI=1S/C10H12BrNO2S/c1-10(12,9(13)14)6-15-8-5-3-2-4-7(8)11/h2-5H,6,12H2,1H3,(H,13,14).